The highest BCUT2D eigenvalue weighted by Gasteiger charge is 2.08. The van der Waals surface area contributed by atoms with Crippen LogP contribution in [0.2, 0.25) is 0 Å². The molecule has 1 heterocycles. The molecule has 0 saturated heterocycles. The lowest BCUT2D eigenvalue weighted by molar-refractivity contribution is 0.0697. The first-order valence-electron chi connectivity index (χ1n) is 5.81. The minimum absolute atomic E-state index is 0.246. The van der Waals surface area contributed by atoms with E-state index in [1.807, 2.05) is 24.7 Å². The second-order valence-corrected chi connectivity index (χ2v) is 5.28. The number of nitrogens with zero attached hydrogens (tertiary/aromatic N) is 2. The summed E-state index contributed by atoms with van der Waals surface area (Å²) >= 11 is 3.36. The van der Waals surface area contributed by atoms with Gasteiger partial charge < -0.3 is 10.4 Å². The van der Waals surface area contributed by atoms with Gasteiger partial charge in [-0.1, -0.05) is 0 Å². The van der Waals surface area contributed by atoms with E-state index in [2.05, 4.69) is 26.3 Å². The van der Waals surface area contributed by atoms with Crippen molar-refractivity contribution in [3.63, 3.8) is 0 Å². The van der Waals surface area contributed by atoms with Crippen LogP contribution in [0.5, 0.6) is 0 Å². The van der Waals surface area contributed by atoms with Crippen molar-refractivity contribution in [1.82, 2.24) is 9.78 Å². The van der Waals surface area contributed by atoms with E-state index >= 15 is 0 Å². The van der Waals surface area contributed by atoms with Gasteiger partial charge in [0.25, 0.3) is 0 Å². The lowest BCUT2D eigenvalue weighted by Gasteiger charge is -2.07. The summed E-state index contributed by atoms with van der Waals surface area (Å²) in [7, 11) is 0. The van der Waals surface area contributed by atoms with Gasteiger partial charge in [-0.2, -0.15) is 5.10 Å². The van der Waals surface area contributed by atoms with Gasteiger partial charge in [0.1, 0.15) is 0 Å². The summed E-state index contributed by atoms with van der Waals surface area (Å²) in [4.78, 5) is 10.8. The van der Waals surface area contributed by atoms with Crippen LogP contribution in [0.4, 0.5) is 11.4 Å². The number of nitrogens with one attached hydrogen (secondary N) is 1. The zero-order chi connectivity index (χ0) is 14.0. The third-order valence-electron chi connectivity index (χ3n) is 2.63. The molecule has 19 heavy (non-hydrogen) atoms. The molecule has 0 aliphatic rings. The number of aromatic carboxylic acids is 1. The Hall–Kier alpha value is -1.82. The van der Waals surface area contributed by atoms with E-state index in [1.54, 1.807) is 24.4 Å². The highest BCUT2D eigenvalue weighted by molar-refractivity contribution is 9.10. The van der Waals surface area contributed by atoms with Crippen LogP contribution in [0.25, 0.3) is 0 Å². The fourth-order valence-corrected chi connectivity index (χ4v) is 2.07. The molecule has 0 radical (unpaired) electrons. The van der Waals surface area contributed by atoms with E-state index in [0.717, 1.165) is 11.4 Å². The van der Waals surface area contributed by atoms with E-state index in [0.29, 0.717) is 10.5 Å². The number of hydrogen-bond acceptors (Lipinski definition) is 3. The van der Waals surface area contributed by atoms with Gasteiger partial charge in [-0.3, -0.25) is 4.68 Å². The average molecular weight is 324 g/mol. The predicted molar refractivity (Wildman–Crippen MR) is 77.0 cm³/mol. The largest absolute Gasteiger partial charge is 0.478 e. The first-order chi connectivity index (χ1) is 8.97. The molecule has 0 bridgehead atoms. The van der Waals surface area contributed by atoms with Crippen molar-refractivity contribution in [2.24, 2.45) is 0 Å². The number of rotatable bonds is 4. The molecule has 100 valence electrons. The van der Waals surface area contributed by atoms with E-state index in [9.17, 15) is 4.79 Å². The summed E-state index contributed by atoms with van der Waals surface area (Å²) in [6.07, 6.45) is 3.64. The molecule has 1 aromatic carbocycles. The summed E-state index contributed by atoms with van der Waals surface area (Å²) in [5, 5.41) is 16.3. The smallest absolute Gasteiger partial charge is 0.335 e. The number of anilines is 2. The van der Waals surface area contributed by atoms with Crippen LogP contribution in [0, 0.1) is 0 Å². The zero-order valence-electron chi connectivity index (χ0n) is 10.6. The summed E-state index contributed by atoms with van der Waals surface area (Å²) in [5.41, 5.74) is 1.90. The lowest BCUT2D eigenvalue weighted by atomic mass is 10.2. The van der Waals surface area contributed by atoms with Gasteiger partial charge in [-0.25, -0.2) is 4.79 Å². The number of aromatic nitrogens is 2. The molecule has 1 aromatic heterocycles. The molecule has 0 aliphatic heterocycles. The van der Waals surface area contributed by atoms with Gasteiger partial charge in [-0.05, 0) is 48.0 Å². The molecule has 0 spiro atoms. The summed E-state index contributed by atoms with van der Waals surface area (Å²) < 4.78 is 2.55. The molecule has 0 fully saturated rings. The number of carbonyl (C=O) groups is 1. The molecule has 0 saturated carbocycles. The molecule has 6 heteroatoms. The molecular weight excluding hydrogens is 310 g/mol. The third kappa shape index (κ3) is 3.14. The van der Waals surface area contributed by atoms with Crippen molar-refractivity contribution in [1.29, 1.82) is 0 Å². The van der Waals surface area contributed by atoms with Crippen LogP contribution in [0.15, 0.2) is 35.1 Å². The highest BCUT2D eigenvalue weighted by atomic mass is 79.9. The molecule has 0 unspecified atom stereocenters. The van der Waals surface area contributed by atoms with Crippen molar-refractivity contribution >= 4 is 33.3 Å². The maximum atomic E-state index is 10.8. The van der Waals surface area contributed by atoms with Gasteiger partial charge in [0.2, 0.25) is 0 Å². The Balaban J connectivity index is 2.20. The molecular formula is C13H14BrN3O2. The summed E-state index contributed by atoms with van der Waals surface area (Å²) in [6.45, 7) is 4.10. The van der Waals surface area contributed by atoms with Crippen molar-refractivity contribution in [3.05, 3.63) is 40.6 Å². The summed E-state index contributed by atoms with van der Waals surface area (Å²) in [6, 6.07) is 5.15. The second-order valence-electron chi connectivity index (χ2n) is 4.43. The van der Waals surface area contributed by atoms with Crippen LogP contribution in [0.1, 0.15) is 30.2 Å². The van der Waals surface area contributed by atoms with Gasteiger partial charge >= 0.3 is 5.97 Å². The minimum atomic E-state index is -0.945. The maximum Gasteiger partial charge on any atom is 0.335 e. The fourth-order valence-electron chi connectivity index (χ4n) is 1.59. The number of carboxylic acids is 1. The van der Waals surface area contributed by atoms with Crippen molar-refractivity contribution in [2.45, 2.75) is 19.9 Å². The standard InChI is InChI=1S/C13H14BrN3O2/c1-8(2)17-7-10(6-15-17)16-12-4-3-9(13(18)19)5-11(12)14/h3-8,16H,1-2H3,(H,18,19). The monoisotopic (exact) mass is 323 g/mol. The van der Waals surface area contributed by atoms with Crippen molar-refractivity contribution < 1.29 is 9.90 Å². The topological polar surface area (TPSA) is 67.2 Å². The van der Waals surface area contributed by atoms with Crippen LogP contribution in [0.3, 0.4) is 0 Å². The van der Waals surface area contributed by atoms with E-state index < -0.39 is 5.97 Å². The highest BCUT2D eigenvalue weighted by Crippen LogP contribution is 2.27. The fraction of sp³-hybridized carbons (Fsp3) is 0.231. The van der Waals surface area contributed by atoms with Gasteiger partial charge in [0, 0.05) is 16.7 Å². The first-order valence-corrected chi connectivity index (χ1v) is 6.60. The molecule has 2 rings (SSSR count). The molecule has 0 atom stereocenters. The minimum Gasteiger partial charge on any atom is -0.478 e. The average Bonchev–Trinajstić information content (AvgIpc) is 2.80. The normalized spacial score (nSPS) is 10.7. The Morgan fingerprint density at radius 1 is 1.47 bits per heavy atom. The molecule has 2 N–H and O–H groups in total. The number of halogens is 1. The van der Waals surface area contributed by atoms with Gasteiger partial charge in [-0.15, -0.1) is 0 Å². The number of hydrogen-bond donors (Lipinski definition) is 2. The second kappa shape index (κ2) is 5.44. The van der Waals surface area contributed by atoms with Crippen LogP contribution in [-0.2, 0) is 0 Å². The molecule has 5 nitrogen and oxygen atoms in total. The van der Waals surface area contributed by atoms with Crippen LogP contribution in [-0.4, -0.2) is 20.9 Å². The molecule has 0 amide bonds. The van der Waals surface area contributed by atoms with Crippen molar-refractivity contribution in [3.8, 4) is 0 Å². The number of benzene rings is 1. The van der Waals surface area contributed by atoms with Gasteiger partial charge in [0.15, 0.2) is 0 Å². The summed E-state index contributed by atoms with van der Waals surface area (Å²) in [5.74, 6) is -0.945. The van der Waals surface area contributed by atoms with Crippen LogP contribution < -0.4 is 5.32 Å². The van der Waals surface area contributed by atoms with Crippen molar-refractivity contribution in [2.75, 3.05) is 5.32 Å². The SMILES string of the molecule is CC(C)n1cc(Nc2ccc(C(=O)O)cc2Br)cn1. The quantitative estimate of drug-likeness (QED) is 0.900. The number of carboxylic acid groups (broad SMARTS) is 1. The Labute approximate surface area is 119 Å². The van der Waals surface area contributed by atoms with Gasteiger partial charge in [0.05, 0.1) is 23.1 Å². The zero-order valence-corrected chi connectivity index (χ0v) is 12.2. The Bertz CT molecular complexity index is 608. The Morgan fingerprint density at radius 2 is 2.21 bits per heavy atom. The molecule has 2 aromatic rings. The van der Waals surface area contributed by atoms with Crippen LogP contribution >= 0.6 is 15.9 Å². The third-order valence-corrected chi connectivity index (χ3v) is 3.28. The maximum absolute atomic E-state index is 10.8. The lowest BCUT2D eigenvalue weighted by Crippen LogP contribution is -2.00. The van der Waals surface area contributed by atoms with E-state index in [4.69, 9.17) is 5.11 Å². The van der Waals surface area contributed by atoms with E-state index in [-0.39, 0.29) is 5.56 Å². The first kappa shape index (κ1) is 13.6. The predicted octanol–water partition coefficient (Wildman–Crippen LogP) is 3.67. The Kier molecular flexibility index (Phi) is 3.90. The Morgan fingerprint density at radius 3 is 2.74 bits per heavy atom. The van der Waals surface area contributed by atoms with E-state index in [1.165, 1.54) is 0 Å². The molecule has 0 aliphatic carbocycles.